The van der Waals surface area contributed by atoms with Crippen LogP contribution >= 0.6 is 0 Å². The highest BCUT2D eigenvalue weighted by atomic mass is 16.6. The Balaban J connectivity index is 1.50. The molecule has 0 bridgehead atoms. The molecule has 0 radical (unpaired) electrons. The molecule has 4 heteroatoms. The smallest absolute Gasteiger partial charge is 0.410 e. The van der Waals surface area contributed by atoms with Crippen LogP contribution in [0.3, 0.4) is 0 Å². The number of carbonyl (C=O) groups is 1. The third-order valence-corrected chi connectivity index (χ3v) is 5.15. The molecule has 0 N–H and O–H groups in total. The van der Waals surface area contributed by atoms with Gasteiger partial charge in [0.05, 0.1) is 6.10 Å². The minimum absolute atomic E-state index is 0.111. The van der Waals surface area contributed by atoms with Crippen molar-refractivity contribution in [2.24, 2.45) is 0 Å². The molecular weight excluding hydrogens is 278 g/mol. The third kappa shape index (κ3) is 2.04. The molecule has 118 valence electrons. The van der Waals surface area contributed by atoms with Crippen LogP contribution in [0.25, 0.3) is 0 Å². The summed E-state index contributed by atoms with van der Waals surface area (Å²) < 4.78 is 11.4. The number of rotatable bonds is 0. The van der Waals surface area contributed by atoms with Gasteiger partial charge in [0.2, 0.25) is 0 Å². The van der Waals surface area contributed by atoms with Crippen LogP contribution in [0, 0.1) is 0 Å². The van der Waals surface area contributed by atoms with Crippen molar-refractivity contribution in [1.82, 2.24) is 4.90 Å². The number of hydrogen-bond acceptors (Lipinski definition) is 3. The zero-order chi connectivity index (χ0) is 15.5. The highest BCUT2D eigenvalue weighted by Gasteiger charge is 2.63. The van der Waals surface area contributed by atoms with E-state index >= 15 is 0 Å². The Morgan fingerprint density at radius 1 is 1.27 bits per heavy atom. The van der Waals surface area contributed by atoms with E-state index in [0.717, 1.165) is 25.9 Å². The largest absolute Gasteiger partial charge is 0.444 e. The van der Waals surface area contributed by atoms with Crippen LogP contribution in [0.4, 0.5) is 4.79 Å². The number of carbonyl (C=O) groups excluding carboxylic acids is 1. The van der Waals surface area contributed by atoms with Crippen LogP contribution in [0.15, 0.2) is 24.3 Å². The van der Waals surface area contributed by atoms with E-state index in [2.05, 4.69) is 24.3 Å². The molecule has 0 saturated carbocycles. The van der Waals surface area contributed by atoms with E-state index in [1.165, 1.54) is 11.1 Å². The van der Waals surface area contributed by atoms with Gasteiger partial charge in [0, 0.05) is 18.5 Å². The van der Waals surface area contributed by atoms with E-state index in [-0.39, 0.29) is 11.5 Å². The molecule has 4 nitrogen and oxygen atoms in total. The van der Waals surface area contributed by atoms with Crippen LogP contribution in [-0.4, -0.2) is 35.8 Å². The van der Waals surface area contributed by atoms with Gasteiger partial charge in [-0.1, -0.05) is 24.3 Å². The maximum atomic E-state index is 12.2. The highest BCUT2D eigenvalue weighted by molar-refractivity contribution is 5.68. The molecule has 2 atom stereocenters. The first kappa shape index (κ1) is 14.1. The Kier molecular flexibility index (Phi) is 2.86. The molecule has 2 fully saturated rings. The molecule has 2 aliphatic heterocycles. The molecule has 1 aromatic rings. The predicted octanol–water partition coefficient (Wildman–Crippen LogP) is 3.41. The van der Waals surface area contributed by atoms with Gasteiger partial charge in [-0.15, -0.1) is 0 Å². The molecule has 2 heterocycles. The second-order valence-electron chi connectivity index (χ2n) is 7.69. The molecule has 2 saturated heterocycles. The third-order valence-electron chi connectivity index (χ3n) is 5.15. The lowest BCUT2D eigenvalue weighted by atomic mass is 9.73. The summed E-state index contributed by atoms with van der Waals surface area (Å²) in [5.74, 6) is 0. The van der Waals surface area contributed by atoms with Gasteiger partial charge in [-0.3, -0.25) is 0 Å². The zero-order valence-electron chi connectivity index (χ0n) is 13.5. The Morgan fingerprint density at radius 3 is 2.64 bits per heavy atom. The maximum absolute atomic E-state index is 12.2. The zero-order valence-corrected chi connectivity index (χ0v) is 13.5. The lowest BCUT2D eigenvalue weighted by Gasteiger charge is -2.40. The first-order valence-corrected chi connectivity index (χ1v) is 8.13. The minimum Gasteiger partial charge on any atom is -0.444 e. The number of epoxide rings is 1. The summed E-state index contributed by atoms with van der Waals surface area (Å²) in [6.45, 7) is 7.22. The summed E-state index contributed by atoms with van der Waals surface area (Å²) in [6.07, 6.45) is 2.35. The van der Waals surface area contributed by atoms with Crippen molar-refractivity contribution in [3.63, 3.8) is 0 Å². The normalized spacial score (nSPS) is 28.2. The maximum Gasteiger partial charge on any atom is 0.410 e. The molecule has 1 spiro atoms. The van der Waals surface area contributed by atoms with E-state index < -0.39 is 5.60 Å². The predicted molar refractivity (Wildman–Crippen MR) is 82.8 cm³/mol. The molecule has 1 aromatic carbocycles. The first-order valence-electron chi connectivity index (χ1n) is 8.13. The van der Waals surface area contributed by atoms with Crippen LogP contribution < -0.4 is 0 Å². The minimum atomic E-state index is -0.434. The van der Waals surface area contributed by atoms with E-state index in [1.807, 2.05) is 25.7 Å². The van der Waals surface area contributed by atoms with Crippen molar-refractivity contribution in [2.75, 3.05) is 13.1 Å². The van der Waals surface area contributed by atoms with E-state index in [0.29, 0.717) is 12.2 Å². The summed E-state index contributed by atoms with van der Waals surface area (Å²) in [4.78, 5) is 14.1. The molecule has 2 unspecified atom stereocenters. The quantitative estimate of drug-likeness (QED) is 0.690. The van der Waals surface area contributed by atoms with Crippen molar-refractivity contribution in [3.05, 3.63) is 35.4 Å². The SMILES string of the molecule is CC(C)(C)OC(=O)N1CCC2(CC1)c1ccccc1C1OC12. The fourth-order valence-corrected chi connectivity index (χ4v) is 4.09. The van der Waals surface area contributed by atoms with Crippen LogP contribution in [0.1, 0.15) is 50.8 Å². The second kappa shape index (κ2) is 4.48. The van der Waals surface area contributed by atoms with Crippen molar-refractivity contribution in [3.8, 4) is 0 Å². The molecule has 3 aliphatic rings. The monoisotopic (exact) mass is 301 g/mol. The first-order chi connectivity index (χ1) is 10.4. The van der Waals surface area contributed by atoms with Gasteiger partial charge in [-0.05, 0) is 44.7 Å². The van der Waals surface area contributed by atoms with Gasteiger partial charge < -0.3 is 14.4 Å². The Bertz CT molecular complexity index is 611. The Hall–Kier alpha value is -1.55. The van der Waals surface area contributed by atoms with E-state index in [9.17, 15) is 4.79 Å². The number of amides is 1. The number of piperidine rings is 1. The van der Waals surface area contributed by atoms with Gasteiger partial charge in [0.1, 0.15) is 11.7 Å². The summed E-state index contributed by atoms with van der Waals surface area (Å²) >= 11 is 0. The molecule has 22 heavy (non-hydrogen) atoms. The topological polar surface area (TPSA) is 42.1 Å². The number of benzene rings is 1. The van der Waals surface area contributed by atoms with Gasteiger partial charge in [-0.2, -0.15) is 0 Å². The van der Waals surface area contributed by atoms with Gasteiger partial charge in [0.15, 0.2) is 0 Å². The number of ether oxygens (including phenoxy) is 2. The second-order valence-corrected chi connectivity index (χ2v) is 7.69. The molecule has 4 rings (SSSR count). The molecule has 1 amide bonds. The van der Waals surface area contributed by atoms with Crippen LogP contribution in [0.2, 0.25) is 0 Å². The number of likely N-dealkylation sites (tertiary alicyclic amines) is 1. The van der Waals surface area contributed by atoms with Crippen LogP contribution in [-0.2, 0) is 14.9 Å². The standard InChI is InChI=1S/C18H23NO3/c1-17(2,3)22-16(20)19-10-8-18(9-11-19)13-7-5-4-6-12(13)14-15(18)21-14/h4-7,14-15H,8-11H2,1-3H3. The number of nitrogens with zero attached hydrogens (tertiary/aromatic N) is 1. The van der Waals surface area contributed by atoms with Gasteiger partial charge in [0.25, 0.3) is 0 Å². The van der Waals surface area contributed by atoms with Crippen molar-refractivity contribution < 1.29 is 14.3 Å². The average molecular weight is 301 g/mol. The average Bonchev–Trinajstić information content (AvgIpc) is 3.22. The van der Waals surface area contributed by atoms with E-state index in [1.54, 1.807) is 0 Å². The van der Waals surface area contributed by atoms with E-state index in [4.69, 9.17) is 9.47 Å². The van der Waals surface area contributed by atoms with Crippen molar-refractivity contribution in [1.29, 1.82) is 0 Å². The van der Waals surface area contributed by atoms with Gasteiger partial charge >= 0.3 is 6.09 Å². The molecule has 0 aromatic heterocycles. The van der Waals surface area contributed by atoms with Crippen LogP contribution in [0.5, 0.6) is 0 Å². The molecule has 1 aliphatic carbocycles. The fourth-order valence-electron chi connectivity index (χ4n) is 4.09. The summed E-state index contributed by atoms with van der Waals surface area (Å²) in [6, 6.07) is 8.64. The van der Waals surface area contributed by atoms with Crippen molar-refractivity contribution in [2.45, 2.75) is 56.8 Å². The Labute approximate surface area is 131 Å². The highest BCUT2D eigenvalue weighted by Crippen LogP contribution is 2.62. The lowest BCUT2D eigenvalue weighted by Crippen LogP contribution is -2.48. The Morgan fingerprint density at radius 2 is 1.95 bits per heavy atom. The number of fused-ring (bicyclic) bond motifs is 5. The number of hydrogen-bond donors (Lipinski definition) is 0. The fraction of sp³-hybridized carbons (Fsp3) is 0.611. The van der Waals surface area contributed by atoms with Crippen molar-refractivity contribution >= 4 is 6.09 Å². The summed E-state index contributed by atoms with van der Waals surface area (Å²) in [5, 5.41) is 0. The van der Waals surface area contributed by atoms with Gasteiger partial charge in [-0.25, -0.2) is 4.79 Å². The summed E-state index contributed by atoms with van der Waals surface area (Å²) in [5.41, 5.74) is 2.48. The molecular formula is C18H23NO3. The summed E-state index contributed by atoms with van der Waals surface area (Å²) in [7, 11) is 0. The lowest BCUT2D eigenvalue weighted by molar-refractivity contribution is 0.0146.